The zero-order valence-corrected chi connectivity index (χ0v) is 12.2. The van der Waals surface area contributed by atoms with E-state index in [0.29, 0.717) is 0 Å². The fourth-order valence-corrected chi connectivity index (χ4v) is 2.39. The van der Waals surface area contributed by atoms with E-state index in [0.717, 1.165) is 29.4 Å². The quantitative estimate of drug-likeness (QED) is 0.638. The molecule has 2 aromatic rings. The molecule has 0 aliphatic carbocycles. The smallest absolute Gasteiger partial charge is 0.127 e. The van der Waals surface area contributed by atoms with Crippen LogP contribution in [0, 0.1) is 0 Å². The molecule has 19 heavy (non-hydrogen) atoms. The van der Waals surface area contributed by atoms with E-state index in [9.17, 15) is 0 Å². The van der Waals surface area contributed by atoms with Gasteiger partial charge in [0.05, 0.1) is 5.69 Å². The number of rotatable bonds is 7. The fraction of sp³-hybridized carbons (Fsp3) is 0.438. The van der Waals surface area contributed by atoms with Gasteiger partial charge in [-0.05, 0) is 6.42 Å². The minimum atomic E-state index is 0.731. The molecule has 2 nitrogen and oxygen atoms in total. The van der Waals surface area contributed by atoms with Crippen molar-refractivity contribution in [1.29, 1.82) is 0 Å². The molecule has 0 aliphatic rings. The van der Waals surface area contributed by atoms with Gasteiger partial charge in [0.15, 0.2) is 0 Å². The molecular weight excluding hydrogens is 256 g/mol. The Morgan fingerprint density at radius 2 is 1.79 bits per heavy atom. The minimum absolute atomic E-state index is 0.731. The molecule has 0 amide bonds. The SMILES string of the molecule is CCCCCCCn1nc(-c2ccccc2)cc1Cl. The number of hydrogen-bond donors (Lipinski definition) is 0. The summed E-state index contributed by atoms with van der Waals surface area (Å²) in [5.74, 6) is 0. The number of nitrogens with zero attached hydrogens (tertiary/aromatic N) is 2. The predicted octanol–water partition coefficient (Wildman–Crippen LogP) is 5.17. The standard InChI is InChI=1S/C16H21ClN2/c1-2-3-4-5-9-12-19-16(17)13-15(18-19)14-10-7-6-8-11-14/h6-8,10-11,13H,2-5,9,12H2,1H3. The van der Waals surface area contributed by atoms with E-state index >= 15 is 0 Å². The first-order valence-corrected chi connectivity index (χ1v) is 7.48. The molecule has 102 valence electrons. The highest BCUT2D eigenvalue weighted by Crippen LogP contribution is 2.22. The van der Waals surface area contributed by atoms with Crippen molar-refractivity contribution < 1.29 is 0 Å². The molecule has 0 unspecified atom stereocenters. The molecule has 0 N–H and O–H groups in total. The highest BCUT2D eigenvalue weighted by molar-refractivity contribution is 6.29. The van der Waals surface area contributed by atoms with Crippen LogP contribution in [-0.4, -0.2) is 9.78 Å². The van der Waals surface area contributed by atoms with Crippen LogP contribution in [0.2, 0.25) is 5.15 Å². The van der Waals surface area contributed by atoms with Crippen molar-refractivity contribution in [1.82, 2.24) is 9.78 Å². The summed E-state index contributed by atoms with van der Waals surface area (Å²) in [5, 5.41) is 5.31. The van der Waals surface area contributed by atoms with E-state index in [1.807, 2.05) is 28.9 Å². The molecule has 1 aromatic heterocycles. The van der Waals surface area contributed by atoms with E-state index in [1.165, 1.54) is 25.7 Å². The molecule has 0 saturated heterocycles. The van der Waals surface area contributed by atoms with E-state index in [4.69, 9.17) is 11.6 Å². The second-order valence-electron chi connectivity index (χ2n) is 4.86. The molecule has 1 heterocycles. The summed E-state index contributed by atoms with van der Waals surface area (Å²) in [6.45, 7) is 3.14. The summed E-state index contributed by atoms with van der Waals surface area (Å²) in [4.78, 5) is 0. The Bertz CT molecular complexity index is 491. The summed E-state index contributed by atoms with van der Waals surface area (Å²) in [5.41, 5.74) is 2.08. The van der Waals surface area contributed by atoms with Crippen LogP contribution in [0.5, 0.6) is 0 Å². The van der Waals surface area contributed by atoms with Crippen molar-refractivity contribution in [2.24, 2.45) is 0 Å². The van der Waals surface area contributed by atoms with E-state index < -0.39 is 0 Å². The second-order valence-corrected chi connectivity index (χ2v) is 5.24. The van der Waals surface area contributed by atoms with Gasteiger partial charge < -0.3 is 0 Å². The van der Waals surface area contributed by atoms with Crippen LogP contribution >= 0.6 is 11.6 Å². The van der Waals surface area contributed by atoms with Gasteiger partial charge in [0.1, 0.15) is 5.15 Å². The number of unbranched alkanes of at least 4 members (excludes halogenated alkanes) is 4. The third kappa shape index (κ3) is 4.10. The number of aryl methyl sites for hydroxylation is 1. The fourth-order valence-electron chi connectivity index (χ4n) is 2.17. The summed E-state index contributed by atoms with van der Waals surface area (Å²) in [6.07, 6.45) is 6.31. The first-order valence-electron chi connectivity index (χ1n) is 7.10. The Balaban J connectivity index is 1.94. The van der Waals surface area contributed by atoms with Gasteiger partial charge in [-0.25, -0.2) is 0 Å². The maximum atomic E-state index is 6.24. The first-order chi connectivity index (χ1) is 9.31. The zero-order chi connectivity index (χ0) is 13.5. The average Bonchev–Trinajstić information content (AvgIpc) is 2.81. The average molecular weight is 277 g/mol. The lowest BCUT2D eigenvalue weighted by molar-refractivity contribution is 0.534. The van der Waals surface area contributed by atoms with Crippen molar-refractivity contribution in [2.45, 2.75) is 45.6 Å². The molecule has 0 aliphatic heterocycles. The van der Waals surface area contributed by atoms with Crippen LogP contribution in [0.3, 0.4) is 0 Å². The summed E-state index contributed by atoms with van der Waals surface area (Å²) in [7, 11) is 0. The maximum Gasteiger partial charge on any atom is 0.127 e. The normalized spacial score (nSPS) is 10.8. The second kappa shape index (κ2) is 7.34. The molecule has 0 spiro atoms. The first kappa shape index (κ1) is 14.1. The van der Waals surface area contributed by atoms with Crippen LogP contribution in [0.4, 0.5) is 0 Å². The summed E-state index contributed by atoms with van der Waals surface area (Å²) < 4.78 is 1.91. The van der Waals surface area contributed by atoms with Crippen molar-refractivity contribution in [3.63, 3.8) is 0 Å². The van der Waals surface area contributed by atoms with Gasteiger partial charge in [0.25, 0.3) is 0 Å². The number of hydrogen-bond acceptors (Lipinski definition) is 1. The number of benzene rings is 1. The summed E-state index contributed by atoms with van der Waals surface area (Å²) >= 11 is 6.24. The third-order valence-electron chi connectivity index (χ3n) is 3.27. The largest absolute Gasteiger partial charge is 0.253 e. The topological polar surface area (TPSA) is 17.8 Å². The van der Waals surface area contributed by atoms with Crippen LogP contribution in [0.1, 0.15) is 39.0 Å². The van der Waals surface area contributed by atoms with Gasteiger partial charge in [-0.15, -0.1) is 0 Å². The molecular formula is C16H21ClN2. The van der Waals surface area contributed by atoms with Gasteiger partial charge in [0, 0.05) is 18.2 Å². The van der Waals surface area contributed by atoms with Crippen molar-refractivity contribution in [3.8, 4) is 11.3 Å². The molecule has 3 heteroatoms. The zero-order valence-electron chi connectivity index (χ0n) is 11.5. The van der Waals surface area contributed by atoms with Gasteiger partial charge in [-0.1, -0.05) is 74.5 Å². The van der Waals surface area contributed by atoms with E-state index in [2.05, 4.69) is 24.2 Å². The molecule has 1 aromatic carbocycles. The van der Waals surface area contributed by atoms with Gasteiger partial charge in [-0.3, -0.25) is 4.68 Å². The van der Waals surface area contributed by atoms with E-state index in [-0.39, 0.29) is 0 Å². The number of halogens is 1. The third-order valence-corrected chi connectivity index (χ3v) is 3.58. The Hall–Kier alpha value is -1.28. The number of aromatic nitrogens is 2. The lowest BCUT2D eigenvalue weighted by Crippen LogP contribution is -2.00. The highest BCUT2D eigenvalue weighted by atomic mass is 35.5. The van der Waals surface area contributed by atoms with Gasteiger partial charge >= 0.3 is 0 Å². The van der Waals surface area contributed by atoms with Crippen LogP contribution in [-0.2, 0) is 6.54 Å². The maximum absolute atomic E-state index is 6.24. The van der Waals surface area contributed by atoms with Crippen LogP contribution in [0.25, 0.3) is 11.3 Å². The van der Waals surface area contributed by atoms with Crippen molar-refractivity contribution in [3.05, 3.63) is 41.6 Å². The molecule has 0 saturated carbocycles. The molecule has 0 bridgehead atoms. The highest BCUT2D eigenvalue weighted by Gasteiger charge is 2.07. The molecule has 2 rings (SSSR count). The van der Waals surface area contributed by atoms with Crippen LogP contribution < -0.4 is 0 Å². The Morgan fingerprint density at radius 3 is 2.53 bits per heavy atom. The van der Waals surface area contributed by atoms with Gasteiger partial charge in [-0.2, -0.15) is 5.10 Å². The Labute approximate surface area is 120 Å². The van der Waals surface area contributed by atoms with Gasteiger partial charge in [0.2, 0.25) is 0 Å². The Kier molecular flexibility index (Phi) is 5.46. The Morgan fingerprint density at radius 1 is 1.05 bits per heavy atom. The lowest BCUT2D eigenvalue weighted by atomic mass is 10.1. The molecule has 0 fully saturated rings. The lowest BCUT2D eigenvalue weighted by Gasteiger charge is -2.03. The summed E-state index contributed by atoms with van der Waals surface area (Å²) in [6, 6.07) is 12.1. The van der Waals surface area contributed by atoms with Crippen LogP contribution in [0.15, 0.2) is 36.4 Å². The van der Waals surface area contributed by atoms with Crippen molar-refractivity contribution in [2.75, 3.05) is 0 Å². The molecule has 0 atom stereocenters. The van der Waals surface area contributed by atoms with E-state index in [1.54, 1.807) is 0 Å². The predicted molar refractivity (Wildman–Crippen MR) is 81.4 cm³/mol. The van der Waals surface area contributed by atoms with Crippen molar-refractivity contribution >= 4 is 11.6 Å². The monoisotopic (exact) mass is 276 g/mol. The molecule has 0 radical (unpaired) electrons. The minimum Gasteiger partial charge on any atom is -0.253 e.